The minimum absolute atomic E-state index is 0.104. The van der Waals surface area contributed by atoms with Crippen molar-refractivity contribution in [2.75, 3.05) is 20.7 Å². The van der Waals surface area contributed by atoms with Crippen molar-refractivity contribution in [1.82, 2.24) is 9.80 Å². The topological polar surface area (TPSA) is 32.8 Å². The summed E-state index contributed by atoms with van der Waals surface area (Å²) in [5.41, 5.74) is 1.45. The maximum Gasteiger partial charge on any atom is 0.276 e. The van der Waals surface area contributed by atoms with Gasteiger partial charge in [-0.25, -0.2) is 0 Å². The third-order valence-corrected chi connectivity index (χ3v) is 4.52. The van der Waals surface area contributed by atoms with E-state index in [-0.39, 0.29) is 5.91 Å². The third kappa shape index (κ3) is 2.57. The van der Waals surface area contributed by atoms with Crippen LogP contribution in [0.5, 0.6) is 5.75 Å². The Morgan fingerprint density at radius 2 is 1.87 bits per heavy atom. The average Bonchev–Trinajstić information content (AvgIpc) is 2.74. The predicted octanol–water partition coefficient (Wildman–Crippen LogP) is 3.27. The van der Waals surface area contributed by atoms with Gasteiger partial charge in [-0.3, -0.25) is 9.69 Å². The molecule has 1 aliphatic heterocycles. The zero-order valence-electron chi connectivity index (χ0n) is 13.4. The van der Waals surface area contributed by atoms with Crippen LogP contribution in [-0.2, 0) is 4.79 Å². The number of likely N-dealkylation sites (N-methyl/N-ethyl adjacent to an activating group) is 2. The average molecular weight is 326 g/mol. The number of carbonyl (C=O) groups excluding carboxylic acids is 1. The molecule has 0 radical (unpaired) electrons. The van der Waals surface area contributed by atoms with Crippen LogP contribution in [0.25, 0.3) is 16.8 Å². The zero-order chi connectivity index (χ0) is 16.6. The summed E-state index contributed by atoms with van der Waals surface area (Å²) in [7, 11) is 3.50. The molecule has 0 unspecified atom stereocenters. The van der Waals surface area contributed by atoms with Gasteiger partial charge in [0.1, 0.15) is 11.4 Å². The highest BCUT2D eigenvalue weighted by atomic mass is 32.1. The molecule has 0 spiro atoms. The summed E-state index contributed by atoms with van der Waals surface area (Å²) >= 11 is 5.27. The van der Waals surface area contributed by atoms with Gasteiger partial charge in [0, 0.05) is 19.7 Å². The van der Waals surface area contributed by atoms with Gasteiger partial charge >= 0.3 is 0 Å². The number of thiocarbonyl (C=S) groups is 1. The number of nitrogens with zero attached hydrogens (tertiary/aromatic N) is 2. The molecule has 1 heterocycles. The number of hydrogen-bond donors (Lipinski definition) is 0. The molecule has 1 saturated heterocycles. The van der Waals surface area contributed by atoms with Crippen molar-refractivity contribution < 1.29 is 9.53 Å². The molecular weight excluding hydrogens is 308 g/mol. The normalized spacial score (nSPS) is 16.7. The molecule has 1 amide bonds. The first-order valence-electron chi connectivity index (χ1n) is 7.46. The molecular formula is C18H18N2O2S. The molecule has 0 saturated carbocycles. The second kappa shape index (κ2) is 6.01. The lowest BCUT2D eigenvalue weighted by Gasteiger charge is -2.14. The van der Waals surface area contributed by atoms with E-state index in [0.29, 0.717) is 17.4 Å². The minimum atomic E-state index is -0.104. The van der Waals surface area contributed by atoms with Gasteiger partial charge in [-0.15, -0.1) is 0 Å². The fraction of sp³-hybridized carbons (Fsp3) is 0.222. The van der Waals surface area contributed by atoms with E-state index in [9.17, 15) is 4.79 Å². The SMILES string of the molecule is CCOc1ccc2ccccc2c1/C=C1/C(=O)N(C)C(=S)N1C. The Morgan fingerprint density at radius 3 is 2.52 bits per heavy atom. The van der Waals surface area contributed by atoms with Gasteiger partial charge in [0.15, 0.2) is 5.11 Å². The van der Waals surface area contributed by atoms with Crippen LogP contribution in [0, 0.1) is 0 Å². The van der Waals surface area contributed by atoms with E-state index in [1.807, 2.05) is 49.4 Å². The molecule has 2 aromatic rings. The summed E-state index contributed by atoms with van der Waals surface area (Å²) < 4.78 is 5.76. The van der Waals surface area contributed by atoms with E-state index in [0.717, 1.165) is 22.1 Å². The molecule has 0 bridgehead atoms. The number of fused-ring (bicyclic) bond motifs is 1. The Hall–Kier alpha value is -2.40. The number of hydrogen-bond acceptors (Lipinski definition) is 3. The van der Waals surface area contributed by atoms with E-state index < -0.39 is 0 Å². The van der Waals surface area contributed by atoms with Gasteiger partial charge in [-0.2, -0.15) is 0 Å². The number of carbonyl (C=O) groups is 1. The molecule has 0 aromatic heterocycles. The van der Waals surface area contributed by atoms with Gasteiger partial charge in [-0.05, 0) is 42.1 Å². The van der Waals surface area contributed by atoms with Crippen LogP contribution in [-0.4, -0.2) is 41.5 Å². The van der Waals surface area contributed by atoms with Gasteiger partial charge in [0.25, 0.3) is 5.91 Å². The van der Waals surface area contributed by atoms with Crippen molar-refractivity contribution in [3.63, 3.8) is 0 Å². The summed E-state index contributed by atoms with van der Waals surface area (Å²) in [5.74, 6) is 0.660. The quantitative estimate of drug-likeness (QED) is 0.640. The smallest absolute Gasteiger partial charge is 0.276 e. The highest BCUT2D eigenvalue weighted by Gasteiger charge is 2.33. The minimum Gasteiger partial charge on any atom is -0.493 e. The van der Waals surface area contributed by atoms with Gasteiger partial charge in [-0.1, -0.05) is 30.3 Å². The third-order valence-electron chi connectivity index (χ3n) is 3.97. The number of amides is 1. The molecule has 0 atom stereocenters. The van der Waals surface area contributed by atoms with Crippen molar-refractivity contribution in [2.24, 2.45) is 0 Å². The van der Waals surface area contributed by atoms with E-state index >= 15 is 0 Å². The highest BCUT2D eigenvalue weighted by Crippen LogP contribution is 2.32. The van der Waals surface area contributed by atoms with Crippen LogP contribution in [0.4, 0.5) is 0 Å². The number of benzene rings is 2. The fourth-order valence-corrected chi connectivity index (χ4v) is 2.91. The first-order chi connectivity index (χ1) is 11.0. The lowest BCUT2D eigenvalue weighted by molar-refractivity contribution is -0.121. The molecule has 0 N–H and O–H groups in total. The number of rotatable bonds is 3. The van der Waals surface area contributed by atoms with Crippen molar-refractivity contribution in [1.29, 1.82) is 0 Å². The largest absolute Gasteiger partial charge is 0.493 e. The fourth-order valence-electron chi connectivity index (χ4n) is 2.73. The second-order valence-electron chi connectivity index (χ2n) is 5.37. The molecule has 23 heavy (non-hydrogen) atoms. The van der Waals surface area contributed by atoms with Crippen molar-refractivity contribution in [3.8, 4) is 5.75 Å². The predicted molar refractivity (Wildman–Crippen MR) is 96.2 cm³/mol. The van der Waals surface area contributed by atoms with Crippen LogP contribution in [0.1, 0.15) is 12.5 Å². The molecule has 5 heteroatoms. The van der Waals surface area contributed by atoms with Crippen LogP contribution in [0.15, 0.2) is 42.1 Å². The van der Waals surface area contributed by atoms with Crippen LogP contribution < -0.4 is 4.74 Å². The molecule has 4 nitrogen and oxygen atoms in total. The van der Waals surface area contributed by atoms with Gasteiger partial charge in [0.2, 0.25) is 0 Å². The molecule has 2 aromatic carbocycles. The van der Waals surface area contributed by atoms with E-state index in [2.05, 4.69) is 0 Å². The van der Waals surface area contributed by atoms with E-state index in [1.54, 1.807) is 19.0 Å². The van der Waals surface area contributed by atoms with Crippen molar-refractivity contribution >= 4 is 40.1 Å². The van der Waals surface area contributed by atoms with Gasteiger partial charge in [0.05, 0.1) is 6.61 Å². The molecule has 1 fully saturated rings. The summed E-state index contributed by atoms with van der Waals surface area (Å²) in [4.78, 5) is 15.6. The van der Waals surface area contributed by atoms with Crippen LogP contribution in [0.2, 0.25) is 0 Å². The molecule has 3 rings (SSSR count). The maximum absolute atomic E-state index is 12.4. The summed E-state index contributed by atoms with van der Waals surface area (Å²) in [6, 6.07) is 12.0. The summed E-state index contributed by atoms with van der Waals surface area (Å²) in [6.07, 6.45) is 1.87. The maximum atomic E-state index is 12.4. The number of ether oxygens (including phenoxy) is 1. The van der Waals surface area contributed by atoms with Gasteiger partial charge < -0.3 is 9.64 Å². The molecule has 118 valence electrons. The Morgan fingerprint density at radius 1 is 1.13 bits per heavy atom. The van der Waals surface area contributed by atoms with Crippen molar-refractivity contribution in [2.45, 2.75) is 6.92 Å². The van der Waals surface area contributed by atoms with Crippen LogP contribution >= 0.6 is 12.2 Å². The molecule has 0 aliphatic carbocycles. The van der Waals surface area contributed by atoms with Crippen molar-refractivity contribution in [3.05, 3.63) is 47.7 Å². The molecule has 1 aliphatic rings. The van der Waals surface area contributed by atoms with Crippen LogP contribution in [0.3, 0.4) is 0 Å². The first-order valence-corrected chi connectivity index (χ1v) is 7.87. The van der Waals surface area contributed by atoms with E-state index in [4.69, 9.17) is 17.0 Å². The monoisotopic (exact) mass is 326 g/mol. The highest BCUT2D eigenvalue weighted by molar-refractivity contribution is 7.80. The summed E-state index contributed by atoms with van der Waals surface area (Å²) in [5, 5.41) is 2.65. The second-order valence-corrected chi connectivity index (χ2v) is 5.73. The lowest BCUT2D eigenvalue weighted by Crippen LogP contribution is -2.26. The lowest BCUT2D eigenvalue weighted by atomic mass is 10.0. The Bertz CT molecular complexity index is 829. The Kier molecular flexibility index (Phi) is 4.05. The standard InChI is InChI=1S/C18H18N2O2S/c1-4-22-16-10-9-12-7-5-6-8-13(12)14(16)11-15-17(21)20(3)18(23)19(15)2/h5-11H,4H2,1-3H3/b15-11-. The van der Waals surface area contributed by atoms with E-state index in [1.165, 1.54) is 4.90 Å². The first kappa shape index (κ1) is 15.5. The Labute approximate surface area is 140 Å². The Balaban J connectivity index is 2.22. The summed E-state index contributed by atoms with van der Waals surface area (Å²) in [6.45, 7) is 2.51. The zero-order valence-corrected chi connectivity index (χ0v) is 14.2.